The van der Waals surface area contributed by atoms with E-state index in [2.05, 4.69) is 26.7 Å². The van der Waals surface area contributed by atoms with Crippen LogP contribution in [0.3, 0.4) is 0 Å². The van der Waals surface area contributed by atoms with Crippen molar-refractivity contribution in [1.82, 2.24) is 14.9 Å². The fourth-order valence-electron chi connectivity index (χ4n) is 3.43. The summed E-state index contributed by atoms with van der Waals surface area (Å²) in [4.78, 5) is 25.3. The molecule has 1 amide bonds. The van der Waals surface area contributed by atoms with Crippen molar-refractivity contribution in [3.8, 4) is 0 Å². The van der Waals surface area contributed by atoms with Crippen LogP contribution in [0.25, 0.3) is 0 Å². The number of rotatable bonds is 6. The van der Waals surface area contributed by atoms with Gasteiger partial charge >= 0.3 is 0 Å². The maximum atomic E-state index is 11.9. The minimum Gasteiger partial charge on any atom is -0.383 e. The van der Waals surface area contributed by atoms with Crippen LogP contribution in [0.1, 0.15) is 45.4 Å². The van der Waals surface area contributed by atoms with Crippen LogP contribution in [0, 0.1) is 0 Å². The average Bonchev–Trinajstić information content (AvgIpc) is 3.01. The van der Waals surface area contributed by atoms with Gasteiger partial charge in [0.2, 0.25) is 5.91 Å². The van der Waals surface area contributed by atoms with Gasteiger partial charge in [0, 0.05) is 43.9 Å². The molecule has 2 aliphatic rings. The van der Waals surface area contributed by atoms with Gasteiger partial charge in [0.05, 0.1) is 0 Å². The topological polar surface area (TPSA) is 75.3 Å². The summed E-state index contributed by atoms with van der Waals surface area (Å²) in [5.74, 6) is 2.82. The van der Waals surface area contributed by atoms with E-state index in [-0.39, 0.29) is 0 Å². The number of thioether (sulfide) groups is 1. The molecule has 3 rings (SSSR count). The van der Waals surface area contributed by atoms with Crippen LogP contribution in [-0.4, -0.2) is 52.2 Å². The molecule has 0 spiro atoms. The first-order chi connectivity index (χ1) is 11.7. The fraction of sp³-hybridized carbons (Fsp3) is 0.706. The first-order valence-electron chi connectivity index (χ1n) is 8.99. The third-order valence-corrected chi connectivity index (χ3v) is 5.71. The summed E-state index contributed by atoms with van der Waals surface area (Å²) < 4.78 is 0. The Balaban J connectivity index is 1.60. The molecule has 1 aromatic heterocycles. The first-order valence-corrected chi connectivity index (χ1v) is 9.97. The molecule has 7 heteroatoms. The molecule has 0 bridgehead atoms. The van der Waals surface area contributed by atoms with Crippen LogP contribution in [0.4, 0.5) is 11.6 Å². The molecule has 6 nitrogen and oxygen atoms in total. The third-order valence-electron chi connectivity index (χ3n) is 4.78. The van der Waals surface area contributed by atoms with Crippen molar-refractivity contribution in [2.45, 2.75) is 56.6 Å². The smallest absolute Gasteiger partial charge is 0.222 e. The highest BCUT2D eigenvalue weighted by Gasteiger charge is 2.31. The highest BCUT2D eigenvalue weighted by atomic mass is 32.2. The van der Waals surface area contributed by atoms with Crippen molar-refractivity contribution in [2.24, 2.45) is 0 Å². The Hall–Kier alpha value is -1.50. The van der Waals surface area contributed by atoms with Crippen molar-refractivity contribution < 1.29 is 4.79 Å². The first kappa shape index (κ1) is 17.3. The zero-order valence-electron chi connectivity index (χ0n) is 14.4. The Labute approximate surface area is 148 Å². The number of unbranched alkanes of at least 4 members (excludes halogenated alkanes) is 1. The van der Waals surface area contributed by atoms with Gasteiger partial charge in [0.15, 0.2) is 5.16 Å². The predicted octanol–water partition coefficient (Wildman–Crippen LogP) is 2.54. The summed E-state index contributed by atoms with van der Waals surface area (Å²) in [6, 6.07) is 2.26. The number of nitrogens with two attached hydrogens (primary N) is 1. The Morgan fingerprint density at radius 3 is 2.75 bits per heavy atom. The number of amides is 1. The van der Waals surface area contributed by atoms with Gasteiger partial charge in [-0.3, -0.25) is 4.79 Å². The zero-order valence-corrected chi connectivity index (χ0v) is 15.2. The molecule has 0 aliphatic carbocycles. The minimum absolute atomic E-state index is 0.328. The van der Waals surface area contributed by atoms with Crippen LogP contribution in [0.15, 0.2) is 11.2 Å². The second-order valence-corrected chi connectivity index (χ2v) is 7.61. The molecule has 0 atom stereocenters. The molecule has 2 fully saturated rings. The lowest BCUT2D eigenvalue weighted by Crippen LogP contribution is -2.45. The number of nitrogens with zero attached hydrogens (tertiary/aromatic N) is 4. The minimum atomic E-state index is 0.328. The van der Waals surface area contributed by atoms with E-state index in [1.54, 1.807) is 11.8 Å². The molecule has 0 radical (unpaired) electrons. The molecule has 2 aliphatic heterocycles. The van der Waals surface area contributed by atoms with Crippen LogP contribution in [0.2, 0.25) is 0 Å². The predicted molar refractivity (Wildman–Crippen MR) is 98.3 cm³/mol. The SMILES string of the molecule is CCCCSc1nc(N)cc(N2CCC(N3CCCC3=O)CC2)n1. The van der Waals surface area contributed by atoms with E-state index in [0.29, 0.717) is 17.8 Å². The molecule has 3 heterocycles. The highest BCUT2D eigenvalue weighted by molar-refractivity contribution is 7.99. The number of carbonyl (C=O) groups is 1. The van der Waals surface area contributed by atoms with Gasteiger partial charge in [-0.25, -0.2) is 9.97 Å². The summed E-state index contributed by atoms with van der Waals surface area (Å²) in [5, 5.41) is 0.773. The number of aromatic nitrogens is 2. The number of piperidine rings is 1. The Morgan fingerprint density at radius 1 is 1.29 bits per heavy atom. The molecule has 0 saturated carbocycles. The number of hydrogen-bond donors (Lipinski definition) is 1. The van der Waals surface area contributed by atoms with E-state index in [9.17, 15) is 4.79 Å². The fourth-order valence-corrected chi connectivity index (χ4v) is 4.37. The molecule has 2 saturated heterocycles. The summed E-state index contributed by atoms with van der Waals surface area (Å²) in [5.41, 5.74) is 5.97. The van der Waals surface area contributed by atoms with Crippen LogP contribution in [-0.2, 0) is 4.79 Å². The Bertz CT molecular complexity index is 574. The van der Waals surface area contributed by atoms with Gasteiger partial charge in [0.25, 0.3) is 0 Å². The van der Waals surface area contributed by atoms with E-state index in [1.165, 1.54) is 6.42 Å². The standard InChI is InChI=1S/C17H27N5OS/c1-2-3-11-24-17-19-14(18)12-15(20-17)21-9-6-13(7-10-21)22-8-4-5-16(22)23/h12-13H,2-11H2,1H3,(H2,18,19,20). The molecule has 2 N–H and O–H groups in total. The summed E-state index contributed by atoms with van der Waals surface area (Å²) >= 11 is 1.68. The lowest BCUT2D eigenvalue weighted by Gasteiger charge is -2.37. The molecular formula is C17H27N5OS. The van der Waals surface area contributed by atoms with Gasteiger partial charge in [-0.15, -0.1) is 0 Å². The second kappa shape index (κ2) is 8.05. The van der Waals surface area contributed by atoms with Crippen LogP contribution >= 0.6 is 11.8 Å². The zero-order chi connectivity index (χ0) is 16.9. The van der Waals surface area contributed by atoms with E-state index in [4.69, 9.17) is 5.73 Å². The molecule has 24 heavy (non-hydrogen) atoms. The van der Waals surface area contributed by atoms with E-state index < -0.39 is 0 Å². The van der Waals surface area contributed by atoms with E-state index in [0.717, 1.165) is 68.5 Å². The van der Waals surface area contributed by atoms with Crippen molar-refractivity contribution in [2.75, 3.05) is 36.0 Å². The van der Waals surface area contributed by atoms with Crippen molar-refractivity contribution in [3.05, 3.63) is 6.07 Å². The van der Waals surface area contributed by atoms with Crippen LogP contribution < -0.4 is 10.6 Å². The lowest BCUT2D eigenvalue weighted by atomic mass is 10.0. The summed E-state index contributed by atoms with van der Waals surface area (Å²) in [7, 11) is 0. The average molecular weight is 350 g/mol. The molecular weight excluding hydrogens is 322 g/mol. The Morgan fingerprint density at radius 2 is 2.08 bits per heavy atom. The highest BCUT2D eigenvalue weighted by Crippen LogP contribution is 2.27. The van der Waals surface area contributed by atoms with Gasteiger partial charge in [0.1, 0.15) is 11.6 Å². The van der Waals surface area contributed by atoms with Gasteiger partial charge < -0.3 is 15.5 Å². The number of anilines is 2. The van der Waals surface area contributed by atoms with Gasteiger partial charge in [-0.05, 0) is 25.7 Å². The molecule has 132 valence electrons. The van der Waals surface area contributed by atoms with Crippen molar-refractivity contribution in [3.63, 3.8) is 0 Å². The lowest BCUT2D eigenvalue weighted by molar-refractivity contribution is -0.130. The molecule has 0 aromatic carbocycles. The summed E-state index contributed by atoms with van der Waals surface area (Å²) in [6.45, 7) is 4.96. The van der Waals surface area contributed by atoms with Gasteiger partial charge in [-0.1, -0.05) is 25.1 Å². The van der Waals surface area contributed by atoms with E-state index in [1.807, 2.05) is 6.07 Å². The number of nitrogen functional groups attached to an aromatic ring is 1. The summed E-state index contributed by atoms with van der Waals surface area (Å²) in [6.07, 6.45) is 6.08. The Kier molecular flexibility index (Phi) is 5.81. The monoisotopic (exact) mass is 349 g/mol. The number of likely N-dealkylation sites (tertiary alicyclic amines) is 1. The number of carbonyl (C=O) groups excluding carboxylic acids is 1. The third kappa shape index (κ3) is 4.12. The molecule has 0 unspecified atom stereocenters. The second-order valence-electron chi connectivity index (χ2n) is 6.54. The van der Waals surface area contributed by atoms with E-state index >= 15 is 0 Å². The largest absolute Gasteiger partial charge is 0.383 e. The maximum absolute atomic E-state index is 11.9. The van der Waals surface area contributed by atoms with Crippen molar-refractivity contribution >= 4 is 29.3 Å². The molecule has 1 aromatic rings. The normalized spacial score (nSPS) is 19.3. The quantitative estimate of drug-likeness (QED) is 0.483. The van der Waals surface area contributed by atoms with Crippen molar-refractivity contribution in [1.29, 1.82) is 0 Å². The maximum Gasteiger partial charge on any atom is 0.222 e. The number of hydrogen-bond acceptors (Lipinski definition) is 6. The van der Waals surface area contributed by atoms with Crippen LogP contribution in [0.5, 0.6) is 0 Å². The van der Waals surface area contributed by atoms with Gasteiger partial charge in [-0.2, -0.15) is 0 Å².